The summed E-state index contributed by atoms with van der Waals surface area (Å²) in [5, 5.41) is 8.53. The molecule has 0 atom stereocenters. The van der Waals surface area contributed by atoms with E-state index in [2.05, 4.69) is 44.8 Å². The van der Waals surface area contributed by atoms with Crippen molar-refractivity contribution in [2.75, 3.05) is 0 Å². The summed E-state index contributed by atoms with van der Waals surface area (Å²) >= 11 is 5.98. The van der Waals surface area contributed by atoms with E-state index < -0.39 is 0 Å². The smallest absolute Gasteiger partial charge is 0.225 e. The summed E-state index contributed by atoms with van der Waals surface area (Å²) in [6, 6.07) is 0. The number of hydrogen-bond donors (Lipinski definition) is 0. The third kappa shape index (κ3) is 2.47. The molecule has 0 saturated heterocycles. The standard InChI is InChI=1S/C10H18ClN3/c1-7(2)6-14-8(10(3,4)5)12-13-9(14)11/h7H,6H2,1-5H3. The average Bonchev–Trinajstić information content (AvgIpc) is 2.30. The van der Waals surface area contributed by atoms with E-state index in [0.717, 1.165) is 12.4 Å². The second-order valence-corrected chi connectivity index (χ2v) is 5.39. The molecule has 1 aromatic heterocycles. The Morgan fingerprint density at radius 2 is 1.86 bits per heavy atom. The summed E-state index contributed by atoms with van der Waals surface area (Å²) in [6.45, 7) is 11.5. The summed E-state index contributed by atoms with van der Waals surface area (Å²) in [6.07, 6.45) is 0. The third-order valence-corrected chi connectivity index (χ3v) is 2.20. The van der Waals surface area contributed by atoms with Crippen LogP contribution < -0.4 is 0 Å². The van der Waals surface area contributed by atoms with Crippen molar-refractivity contribution in [2.45, 2.75) is 46.6 Å². The monoisotopic (exact) mass is 215 g/mol. The van der Waals surface area contributed by atoms with Crippen LogP contribution in [0.25, 0.3) is 0 Å². The van der Waals surface area contributed by atoms with Gasteiger partial charge in [0, 0.05) is 12.0 Å². The maximum Gasteiger partial charge on any atom is 0.225 e. The molecule has 0 aromatic carbocycles. The Morgan fingerprint density at radius 3 is 2.29 bits per heavy atom. The Balaban J connectivity index is 3.06. The van der Waals surface area contributed by atoms with Gasteiger partial charge in [0.05, 0.1) is 0 Å². The molecule has 0 saturated carbocycles. The molecule has 0 spiro atoms. The Kier molecular flexibility index (Phi) is 3.20. The Bertz CT molecular complexity index is 310. The maximum atomic E-state index is 5.98. The maximum absolute atomic E-state index is 5.98. The van der Waals surface area contributed by atoms with Crippen LogP contribution in [-0.4, -0.2) is 14.8 Å². The number of hydrogen-bond acceptors (Lipinski definition) is 2. The number of nitrogens with zero attached hydrogens (tertiary/aromatic N) is 3. The number of halogens is 1. The fourth-order valence-corrected chi connectivity index (χ4v) is 1.55. The second-order valence-electron chi connectivity index (χ2n) is 5.05. The molecule has 3 nitrogen and oxygen atoms in total. The van der Waals surface area contributed by atoms with Gasteiger partial charge in [-0.2, -0.15) is 0 Å². The van der Waals surface area contributed by atoms with E-state index in [1.807, 2.05) is 4.57 Å². The van der Waals surface area contributed by atoms with Gasteiger partial charge in [-0.15, -0.1) is 10.2 Å². The highest BCUT2D eigenvalue weighted by Crippen LogP contribution is 2.23. The Morgan fingerprint density at radius 1 is 1.29 bits per heavy atom. The van der Waals surface area contributed by atoms with Crippen molar-refractivity contribution in [3.63, 3.8) is 0 Å². The zero-order valence-corrected chi connectivity index (χ0v) is 10.3. The van der Waals surface area contributed by atoms with Gasteiger partial charge in [0.15, 0.2) is 0 Å². The van der Waals surface area contributed by atoms with Gasteiger partial charge in [0.1, 0.15) is 5.82 Å². The first kappa shape index (κ1) is 11.5. The molecule has 0 amide bonds. The van der Waals surface area contributed by atoms with Gasteiger partial charge in [0.2, 0.25) is 5.28 Å². The van der Waals surface area contributed by atoms with Crippen molar-refractivity contribution in [3.8, 4) is 0 Å². The van der Waals surface area contributed by atoms with Gasteiger partial charge in [0.25, 0.3) is 0 Å². The first-order valence-electron chi connectivity index (χ1n) is 4.91. The van der Waals surface area contributed by atoms with E-state index in [1.54, 1.807) is 0 Å². The van der Waals surface area contributed by atoms with E-state index in [9.17, 15) is 0 Å². The summed E-state index contributed by atoms with van der Waals surface area (Å²) in [4.78, 5) is 0. The van der Waals surface area contributed by atoms with Gasteiger partial charge >= 0.3 is 0 Å². The minimum Gasteiger partial charge on any atom is -0.301 e. The van der Waals surface area contributed by atoms with E-state index in [1.165, 1.54) is 0 Å². The normalized spacial score (nSPS) is 12.5. The molecular formula is C10H18ClN3. The fraction of sp³-hybridized carbons (Fsp3) is 0.800. The Hall–Kier alpha value is -0.570. The Labute approximate surface area is 90.5 Å². The SMILES string of the molecule is CC(C)Cn1c(Cl)nnc1C(C)(C)C. The molecule has 1 rings (SSSR count). The highest BCUT2D eigenvalue weighted by molar-refractivity contribution is 6.28. The lowest BCUT2D eigenvalue weighted by atomic mass is 9.95. The summed E-state index contributed by atoms with van der Waals surface area (Å²) in [5.74, 6) is 1.50. The molecule has 0 radical (unpaired) electrons. The molecular weight excluding hydrogens is 198 g/mol. The molecule has 1 aromatic rings. The molecule has 0 bridgehead atoms. The van der Waals surface area contributed by atoms with E-state index in [-0.39, 0.29) is 5.41 Å². The van der Waals surface area contributed by atoms with Crippen LogP contribution in [0.3, 0.4) is 0 Å². The van der Waals surface area contributed by atoms with Crippen molar-refractivity contribution in [1.29, 1.82) is 0 Å². The molecule has 0 aliphatic carbocycles. The van der Waals surface area contributed by atoms with Crippen LogP contribution in [0.2, 0.25) is 5.28 Å². The average molecular weight is 216 g/mol. The minimum atomic E-state index is -0.00493. The lowest BCUT2D eigenvalue weighted by Crippen LogP contribution is -2.20. The number of rotatable bonds is 2. The van der Waals surface area contributed by atoms with Crippen LogP contribution in [0.5, 0.6) is 0 Å². The van der Waals surface area contributed by atoms with Crippen LogP contribution in [0.15, 0.2) is 0 Å². The summed E-state index contributed by atoms with van der Waals surface area (Å²) in [5.41, 5.74) is -0.00493. The van der Waals surface area contributed by atoms with Crippen molar-refractivity contribution in [1.82, 2.24) is 14.8 Å². The third-order valence-electron chi connectivity index (χ3n) is 1.92. The predicted molar refractivity (Wildman–Crippen MR) is 58.6 cm³/mol. The predicted octanol–water partition coefficient (Wildman–Crippen LogP) is 2.89. The number of aromatic nitrogens is 3. The summed E-state index contributed by atoms with van der Waals surface area (Å²) in [7, 11) is 0. The van der Waals surface area contributed by atoms with Gasteiger partial charge in [-0.3, -0.25) is 0 Å². The largest absolute Gasteiger partial charge is 0.301 e. The zero-order valence-electron chi connectivity index (χ0n) is 9.50. The first-order chi connectivity index (χ1) is 6.32. The molecule has 0 fully saturated rings. The van der Waals surface area contributed by atoms with Crippen molar-refractivity contribution in [2.24, 2.45) is 5.92 Å². The van der Waals surface area contributed by atoms with Gasteiger partial charge in [-0.05, 0) is 17.5 Å². The van der Waals surface area contributed by atoms with E-state index in [4.69, 9.17) is 11.6 Å². The molecule has 4 heteroatoms. The van der Waals surface area contributed by atoms with Crippen LogP contribution >= 0.6 is 11.6 Å². The highest BCUT2D eigenvalue weighted by Gasteiger charge is 2.23. The first-order valence-corrected chi connectivity index (χ1v) is 5.29. The molecule has 80 valence electrons. The minimum absolute atomic E-state index is 0.00493. The van der Waals surface area contributed by atoms with Crippen LogP contribution in [0, 0.1) is 5.92 Å². The lowest BCUT2D eigenvalue weighted by Gasteiger charge is -2.19. The highest BCUT2D eigenvalue weighted by atomic mass is 35.5. The molecule has 0 unspecified atom stereocenters. The molecule has 1 heterocycles. The van der Waals surface area contributed by atoms with E-state index in [0.29, 0.717) is 11.2 Å². The van der Waals surface area contributed by atoms with Crippen LogP contribution in [0.4, 0.5) is 0 Å². The topological polar surface area (TPSA) is 30.7 Å². The van der Waals surface area contributed by atoms with E-state index >= 15 is 0 Å². The second kappa shape index (κ2) is 3.89. The van der Waals surface area contributed by atoms with Crippen LogP contribution in [0.1, 0.15) is 40.4 Å². The summed E-state index contributed by atoms with van der Waals surface area (Å²) < 4.78 is 1.99. The van der Waals surface area contributed by atoms with Crippen molar-refractivity contribution >= 4 is 11.6 Å². The van der Waals surface area contributed by atoms with Gasteiger partial charge in [-0.25, -0.2) is 0 Å². The zero-order chi connectivity index (χ0) is 10.9. The molecule has 0 aliphatic heterocycles. The fourth-order valence-electron chi connectivity index (χ4n) is 1.37. The lowest BCUT2D eigenvalue weighted by molar-refractivity contribution is 0.451. The quantitative estimate of drug-likeness (QED) is 0.760. The van der Waals surface area contributed by atoms with Gasteiger partial charge < -0.3 is 4.57 Å². The van der Waals surface area contributed by atoms with Crippen molar-refractivity contribution in [3.05, 3.63) is 11.1 Å². The van der Waals surface area contributed by atoms with Crippen LogP contribution in [-0.2, 0) is 12.0 Å². The molecule has 0 N–H and O–H groups in total. The van der Waals surface area contributed by atoms with Crippen molar-refractivity contribution < 1.29 is 0 Å². The molecule has 0 aliphatic rings. The van der Waals surface area contributed by atoms with Gasteiger partial charge in [-0.1, -0.05) is 34.6 Å². The molecule has 14 heavy (non-hydrogen) atoms.